The van der Waals surface area contributed by atoms with E-state index in [1.165, 1.54) is 22.7 Å². The first-order valence-corrected chi connectivity index (χ1v) is 10.5. The zero-order chi connectivity index (χ0) is 20.1. The van der Waals surface area contributed by atoms with Gasteiger partial charge in [-0.1, -0.05) is 28.1 Å². The number of nitrogens with zero attached hydrogens (tertiary/aromatic N) is 3. The van der Waals surface area contributed by atoms with Crippen molar-refractivity contribution in [1.82, 2.24) is 4.31 Å². The van der Waals surface area contributed by atoms with Crippen molar-refractivity contribution in [2.24, 2.45) is 5.10 Å². The highest BCUT2D eigenvalue weighted by molar-refractivity contribution is 9.10. The molecule has 0 aliphatic carbocycles. The number of sulfonamides is 1. The molecule has 1 N–H and O–H groups in total. The zero-order valence-electron chi connectivity index (χ0n) is 14.6. The fourth-order valence-electron chi connectivity index (χ4n) is 2.58. The second-order valence-electron chi connectivity index (χ2n) is 5.88. The van der Waals surface area contributed by atoms with Gasteiger partial charge in [-0.3, -0.25) is 15.5 Å². The molecule has 1 aliphatic rings. The first kappa shape index (κ1) is 20.4. The zero-order valence-corrected chi connectivity index (χ0v) is 17.0. The smallest absolute Gasteiger partial charge is 0.270 e. The fourth-order valence-corrected chi connectivity index (χ4v) is 4.42. The summed E-state index contributed by atoms with van der Waals surface area (Å²) in [5, 5.41) is 15.2. The Morgan fingerprint density at radius 3 is 2.50 bits per heavy atom. The van der Waals surface area contributed by atoms with Crippen LogP contribution in [0.2, 0.25) is 0 Å². The molecule has 0 saturated carbocycles. The van der Waals surface area contributed by atoms with Gasteiger partial charge in [0.15, 0.2) is 0 Å². The van der Waals surface area contributed by atoms with Crippen LogP contribution in [0.3, 0.4) is 0 Å². The van der Waals surface area contributed by atoms with Gasteiger partial charge in [0.1, 0.15) is 4.90 Å². The number of anilines is 1. The second kappa shape index (κ2) is 8.78. The van der Waals surface area contributed by atoms with Crippen molar-refractivity contribution >= 4 is 43.5 Å². The largest absolute Gasteiger partial charge is 0.379 e. The Labute approximate surface area is 170 Å². The molecule has 0 atom stereocenters. The molecule has 28 heavy (non-hydrogen) atoms. The first-order chi connectivity index (χ1) is 13.4. The van der Waals surface area contributed by atoms with E-state index >= 15 is 0 Å². The Morgan fingerprint density at radius 1 is 1.18 bits per heavy atom. The maximum absolute atomic E-state index is 13.0. The van der Waals surface area contributed by atoms with Gasteiger partial charge >= 0.3 is 0 Å². The average molecular weight is 469 g/mol. The van der Waals surface area contributed by atoms with Crippen molar-refractivity contribution < 1.29 is 18.1 Å². The molecule has 9 nitrogen and oxygen atoms in total. The Kier molecular flexibility index (Phi) is 6.39. The monoisotopic (exact) mass is 468 g/mol. The van der Waals surface area contributed by atoms with E-state index < -0.39 is 14.9 Å². The third kappa shape index (κ3) is 4.73. The number of hydrogen-bond donors (Lipinski definition) is 1. The molecular formula is C17H17BrN4O5S. The van der Waals surface area contributed by atoms with Crippen molar-refractivity contribution in [3.63, 3.8) is 0 Å². The maximum Gasteiger partial charge on any atom is 0.270 e. The molecular weight excluding hydrogens is 452 g/mol. The van der Waals surface area contributed by atoms with Gasteiger partial charge in [-0.2, -0.15) is 9.41 Å². The standard InChI is InChI=1S/C17H17BrN4O5S/c18-14-3-1-13(2-4-14)12-19-20-16-6-5-15(22(23)24)11-17(16)28(25,26)21-7-9-27-10-8-21/h1-6,11-12,20H,7-10H2/b19-12-. The number of ether oxygens (including phenoxy) is 1. The summed E-state index contributed by atoms with van der Waals surface area (Å²) in [5.41, 5.74) is 3.33. The lowest BCUT2D eigenvalue weighted by atomic mass is 10.2. The topological polar surface area (TPSA) is 114 Å². The molecule has 0 spiro atoms. The van der Waals surface area contributed by atoms with Gasteiger partial charge in [-0.15, -0.1) is 0 Å². The number of rotatable bonds is 6. The van der Waals surface area contributed by atoms with Gasteiger partial charge in [0.25, 0.3) is 5.69 Å². The first-order valence-electron chi connectivity index (χ1n) is 8.29. The Balaban J connectivity index is 1.91. The molecule has 148 valence electrons. The van der Waals surface area contributed by atoms with Gasteiger partial charge in [0.2, 0.25) is 10.0 Å². The summed E-state index contributed by atoms with van der Waals surface area (Å²) in [6, 6.07) is 11.0. The molecule has 1 saturated heterocycles. The molecule has 0 unspecified atom stereocenters. The van der Waals surface area contributed by atoms with E-state index in [2.05, 4.69) is 26.5 Å². The maximum atomic E-state index is 13.0. The number of hydrazone groups is 1. The third-order valence-corrected chi connectivity index (χ3v) is 6.50. The van der Waals surface area contributed by atoms with Crippen LogP contribution >= 0.6 is 15.9 Å². The molecule has 1 heterocycles. The van der Waals surface area contributed by atoms with Crippen molar-refractivity contribution in [2.45, 2.75) is 4.90 Å². The van der Waals surface area contributed by atoms with Crippen LogP contribution in [-0.4, -0.2) is 50.2 Å². The minimum atomic E-state index is -3.94. The van der Waals surface area contributed by atoms with Gasteiger partial charge in [-0.05, 0) is 23.8 Å². The van der Waals surface area contributed by atoms with Gasteiger partial charge < -0.3 is 4.74 Å². The van der Waals surface area contributed by atoms with Crippen LogP contribution in [0.5, 0.6) is 0 Å². The summed E-state index contributed by atoms with van der Waals surface area (Å²) in [7, 11) is -3.94. The predicted octanol–water partition coefficient (Wildman–Crippen LogP) is 2.82. The Morgan fingerprint density at radius 2 is 1.86 bits per heavy atom. The highest BCUT2D eigenvalue weighted by Crippen LogP contribution is 2.29. The van der Waals surface area contributed by atoms with Crippen molar-refractivity contribution in [2.75, 3.05) is 31.7 Å². The number of non-ortho nitro benzene ring substituents is 1. The number of benzene rings is 2. The molecule has 1 aliphatic heterocycles. The highest BCUT2D eigenvalue weighted by atomic mass is 79.9. The molecule has 0 amide bonds. The number of halogens is 1. The van der Waals surface area contributed by atoms with Crippen molar-refractivity contribution in [3.8, 4) is 0 Å². The van der Waals surface area contributed by atoms with Crippen LogP contribution in [0.4, 0.5) is 11.4 Å². The minimum Gasteiger partial charge on any atom is -0.379 e. The fraction of sp³-hybridized carbons (Fsp3) is 0.235. The normalized spacial score (nSPS) is 15.6. The Hall–Kier alpha value is -2.34. The summed E-state index contributed by atoms with van der Waals surface area (Å²) >= 11 is 3.34. The molecule has 1 fully saturated rings. The quantitative estimate of drug-likeness (QED) is 0.396. The summed E-state index contributed by atoms with van der Waals surface area (Å²) in [4.78, 5) is 10.3. The minimum absolute atomic E-state index is 0.158. The molecule has 0 radical (unpaired) electrons. The van der Waals surface area contributed by atoms with Crippen LogP contribution in [0.25, 0.3) is 0 Å². The predicted molar refractivity (Wildman–Crippen MR) is 108 cm³/mol. The number of nitro groups is 1. The second-order valence-corrected chi connectivity index (χ2v) is 8.70. The van der Waals surface area contributed by atoms with Crippen LogP contribution in [0.15, 0.2) is 56.9 Å². The van der Waals surface area contributed by atoms with Crippen molar-refractivity contribution in [3.05, 3.63) is 62.6 Å². The number of hydrogen-bond acceptors (Lipinski definition) is 7. The van der Waals surface area contributed by atoms with Gasteiger partial charge in [-0.25, -0.2) is 8.42 Å². The summed E-state index contributed by atoms with van der Waals surface area (Å²) in [6.07, 6.45) is 1.53. The lowest BCUT2D eigenvalue weighted by Gasteiger charge is -2.26. The van der Waals surface area contributed by atoms with Crippen LogP contribution in [-0.2, 0) is 14.8 Å². The summed E-state index contributed by atoms with van der Waals surface area (Å²) < 4.78 is 33.4. The molecule has 3 rings (SSSR count). The molecule has 2 aromatic carbocycles. The number of morpholine rings is 1. The van der Waals surface area contributed by atoms with Gasteiger partial charge in [0.05, 0.1) is 30.0 Å². The van der Waals surface area contributed by atoms with Crippen LogP contribution < -0.4 is 5.43 Å². The highest BCUT2D eigenvalue weighted by Gasteiger charge is 2.30. The molecule has 0 bridgehead atoms. The van der Waals surface area contributed by atoms with E-state index in [4.69, 9.17) is 4.74 Å². The van der Waals surface area contributed by atoms with Crippen LogP contribution in [0.1, 0.15) is 5.56 Å². The lowest BCUT2D eigenvalue weighted by Crippen LogP contribution is -2.40. The molecule has 11 heteroatoms. The molecule has 0 aromatic heterocycles. The van der Waals surface area contributed by atoms with E-state index in [-0.39, 0.29) is 42.6 Å². The van der Waals surface area contributed by atoms with E-state index in [0.717, 1.165) is 16.1 Å². The lowest BCUT2D eigenvalue weighted by molar-refractivity contribution is -0.385. The number of nitrogens with one attached hydrogen (secondary N) is 1. The van der Waals surface area contributed by atoms with E-state index in [0.29, 0.717) is 0 Å². The third-order valence-electron chi connectivity index (χ3n) is 4.03. The van der Waals surface area contributed by atoms with E-state index in [9.17, 15) is 18.5 Å². The average Bonchev–Trinajstić information content (AvgIpc) is 2.70. The molecule has 2 aromatic rings. The number of nitro benzene ring substituents is 1. The van der Waals surface area contributed by atoms with Crippen LogP contribution in [0, 0.1) is 10.1 Å². The SMILES string of the molecule is O=[N+]([O-])c1ccc(N/N=C\c2ccc(Br)cc2)c(S(=O)(=O)N2CCOCC2)c1. The summed E-state index contributed by atoms with van der Waals surface area (Å²) in [6.45, 7) is 0.927. The van der Waals surface area contributed by atoms with Crippen molar-refractivity contribution in [1.29, 1.82) is 0 Å². The van der Waals surface area contributed by atoms with Gasteiger partial charge in [0, 0.05) is 29.7 Å². The van der Waals surface area contributed by atoms with E-state index in [1.807, 2.05) is 24.3 Å². The summed E-state index contributed by atoms with van der Waals surface area (Å²) in [5.74, 6) is 0. The Bertz CT molecular complexity index is 989. The van der Waals surface area contributed by atoms with E-state index in [1.54, 1.807) is 0 Å².